The van der Waals surface area contributed by atoms with E-state index < -0.39 is 0 Å². The summed E-state index contributed by atoms with van der Waals surface area (Å²) in [6, 6.07) is 5.28. The molecule has 0 saturated heterocycles. The second kappa shape index (κ2) is 4.10. The Kier molecular flexibility index (Phi) is 3.37. The number of rotatable bonds is 2. The lowest BCUT2D eigenvalue weighted by Gasteiger charge is -2.02. The Morgan fingerprint density at radius 1 is 1.18 bits per heavy atom. The fourth-order valence-corrected chi connectivity index (χ4v) is 1.46. The van der Waals surface area contributed by atoms with Crippen molar-refractivity contribution in [3.8, 4) is 0 Å². The maximum Gasteiger partial charge on any atom is 0.0581 e. The predicted molar refractivity (Wildman–Crippen MR) is 53.9 cm³/mol. The molecule has 0 radical (unpaired) electrons. The van der Waals surface area contributed by atoms with E-state index in [0.717, 1.165) is 5.69 Å². The van der Waals surface area contributed by atoms with E-state index in [1.54, 1.807) is 18.2 Å². The number of benzene rings is 1. The van der Waals surface area contributed by atoms with Crippen LogP contribution in [0.15, 0.2) is 18.2 Å². The molecule has 0 spiro atoms. The van der Waals surface area contributed by atoms with Crippen LogP contribution in [-0.2, 0) is 0 Å². The summed E-state index contributed by atoms with van der Waals surface area (Å²) in [6.45, 7) is 0. The van der Waals surface area contributed by atoms with Gasteiger partial charge in [0.05, 0.1) is 5.88 Å². The maximum absolute atomic E-state index is 5.74. The van der Waals surface area contributed by atoms with Gasteiger partial charge < -0.3 is 5.32 Å². The molecule has 11 heavy (non-hydrogen) atoms. The molecule has 0 aliphatic rings. The molecule has 0 unspecified atom stereocenters. The third kappa shape index (κ3) is 2.81. The normalized spacial score (nSPS) is 9.73. The van der Waals surface area contributed by atoms with Crippen molar-refractivity contribution in [3.63, 3.8) is 0 Å². The van der Waals surface area contributed by atoms with Gasteiger partial charge in [0.25, 0.3) is 0 Å². The Morgan fingerprint density at radius 2 is 1.73 bits per heavy atom. The second-order valence-corrected chi connectivity index (χ2v) is 3.18. The number of halogens is 2. The average molecular weight is 208 g/mol. The van der Waals surface area contributed by atoms with Crippen molar-refractivity contribution in [1.82, 2.24) is 0 Å². The highest BCUT2D eigenvalue weighted by molar-refractivity contribution is 7.80. The van der Waals surface area contributed by atoms with Crippen LogP contribution in [0.1, 0.15) is 0 Å². The molecular formula is C7H7Cl2NS. The lowest BCUT2D eigenvalue weighted by atomic mass is 10.3. The summed E-state index contributed by atoms with van der Waals surface area (Å²) < 4.78 is 0. The summed E-state index contributed by atoms with van der Waals surface area (Å²) in [7, 11) is 0. The Bertz CT molecular complexity index is 232. The quantitative estimate of drug-likeness (QED) is 0.561. The summed E-state index contributed by atoms with van der Waals surface area (Å²) in [6.07, 6.45) is 0. The van der Waals surface area contributed by atoms with Crippen molar-refractivity contribution >= 4 is 41.5 Å². The van der Waals surface area contributed by atoms with Gasteiger partial charge in [0.15, 0.2) is 0 Å². The van der Waals surface area contributed by atoms with Crippen LogP contribution in [-0.4, -0.2) is 5.88 Å². The van der Waals surface area contributed by atoms with E-state index in [0.29, 0.717) is 15.9 Å². The molecule has 60 valence electrons. The van der Waals surface area contributed by atoms with Gasteiger partial charge in [-0.3, -0.25) is 0 Å². The van der Waals surface area contributed by atoms with Crippen molar-refractivity contribution in [2.75, 3.05) is 11.2 Å². The number of thiol groups is 1. The van der Waals surface area contributed by atoms with Gasteiger partial charge in [0, 0.05) is 15.7 Å². The van der Waals surface area contributed by atoms with Crippen LogP contribution in [0.3, 0.4) is 0 Å². The molecule has 0 aliphatic heterocycles. The van der Waals surface area contributed by atoms with Gasteiger partial charge in [-0.15, -0.1) is 0 Å². The minimum atomic E-state index is 0.566. The van der Waals surface area contributed by atoms with E-state index in [2.05, 4.69) is 17.9 Å². The molecule has 0 heterocycles. The zero-order valence-corrected chi connectivity index (χ0v) is 8.05. The van der Waals surface area contributed by atoms with Gasteiger partial charge >= 0.3 is 0 Å². The van der Waals surface area contributed by atoms with E-state index in [9.17, 15) is 0 Å². The topological polar surface area (TPSA) is 12.0 Å². The van der Waals surface area contributed by atoms with E-state index in [4.69, 9.17) is 23.2 Å². The Balaban J connectivity index is 2.89. The molecular weight excluding hydrogens is 201 g/mol. The number of hydrogen-bond donors (Lipinski definition) is 2. The van der Waals surface area contributed by atoms with Crippen molar-refractivity contribution in [3.05, 3.63) is 28.2 Å². The minimum Gasteiger partial charge on any atom is -0.376 e. The fourth-order valence-electron chi connectivity index (χ4n) is 0.747. The Labute approximate surface area is 81.1 Å². The monoisotopic (exact) mass is 207 g/mol. The Morgan fingerprint density at radius 3 is 2.18 bits per heavy atom. The van der Waals surface area contributed by atoms with Crippen molar-refractivity contribution in [2.24, 2.45) is 0 Å². The van der Waals surface area contributed by atoms with E-state index in [1.165, 1.54) is 0 Å². The second-order valence-electron chi connectivity index (χ2n) is 1.99. The Hall–Kier alpha value is -0.0500. The molecule has 1 N–H and O–H groups in total. The molecule has 1 nitrogen and oxygen atoms in total. The molecule has 0 aromatic heterocycles. The van der Waals surface area contributed by atoms with Crippen LogP contribution < -0.4 is 5.32 Å². The van der Waals surface area contributed by atoms with Crippen LogP contribution in [0.2, 0.25) is 10.0 Å². The van der Waals surface area contributed by atoms with Crippen molar-refractivity contribution in [1.29, 1.82) is 0 Å². The molecule has 1 aromatic carbocycles. The van der Waals surface area contributed by atoms with Crippen LogP contribution in [0.4, 0.5) is 5.69 Å². The highest BCUT2D eigenvalue weighted by Crippen LogP contribution is 2.22. The first-order valence-corrected chi connectivity index (χ1v) is 4.42. The number of hydrogen-bond acceptors (Lipinski definition) is 2. The van der Waals surface area contributed by atoms with Crippen LogP contribution in [0.5, 0.6) is 0 Å². The van der Waals surface area contributed by atoms with E-state index in [1.807, 2.05) is 0 Å². The van der Waals surface area contributed by atoms with Crippen molar-refractivity contribution in [2.45, 2.75) is 0 Å². The standard InChI is InChI=1S/C7H7Cl2NS/c8-5-1-6(9)3-7(2-5)10-4-11/h1-3,10-11H,4H2. The molecule has 0 bridgehead atoms. The molecule has 0 atom stereocenters. The van der Waals surface area contributed by atoms with Gasteiger partial charge in [0.2, 0.25) is 0 Å². The molecule has 1 rings (SSSR count). The molecule has 4 heteroatoms. The molecule has 0 saturated carbocycles. The largest absolute Gasteiger partial charge is 0.376 e. The first-order chi connectivity index (χ1) is 5.22. The van der Waals surface area contributed by atoms with Gasteiger partial charge in [-0.25, -0.2) is 0 Å². The zero-order chi connectivity index (χ0) is 8.27. The summed E-state index contributed by atoms with van der Waals surface area (Å²) in [5.74, 6) is 0.566. The van der Waals surface area contributed by atoms with Gasteiger partial charge in [-0.2, -0.15) is 12.6 Å². The van der Waals surface area contributed by atoms with E-state index >= 15 is 0 Å². The summed E-state index contributed by atoms with van der Waals surface area (Å²) in [5, 5.41) is 4.24. The molecule has 0 fully saturated rings. The van der Waals surface area contributed by atoms with Crippen LogP contribution in [0.25, 0.3) is 0 Å². The first-order valence-electron chi connectivity index (χ1n) is 3.03. The molecule has 1 aromatic rings. The van der Waals surface area contributed by atoms with Crippen LogP contribution >= 0.6 is 35.8 Å². The van der Waals surface area contributed by atoms with E-state index in [-0.39, 0.29) is 0 Å². The zero-order valence-electron chi connectivity index (χ0n) is 5.64. The third-order valence-corrected chi connectivity index (χ3v) is 1.74. The highest BCUT2D eigenvalue weighted by atomic mass is 35.5. The SMILES string of the molecule is SCNc1cc(Cl)cc(Cl)c1. The maximum atomic E-state index is 5.74. The van der Waals surface area contributed by atoms with Crippen molar-refractivity contribution < 1.29 is 0 Å². The number of nitrogens with one attached hydrogen (secondary N) is 1. The van der Waals surface area contributed by atoms with Gasteiger partial charge in [-0.1, -0.05) is 23.2 Å². The molecule has 0 amide bonds. The number of anilines is 1. The lowest BCUT2D eigenvalue weighted by molar-refractivity contribution is 1.47. The average Bonchev–Trinajstić information content (AvgIpc) is 1.85. The fraction of sp³-hybridized carbons (Fsp3) is 0.143. The smallest absolute Gasteiger partial charge is 0.0581 e. The third-order valence-electron chi connectivity index (χ3n) is 1.15. The van der Waals surface area contributed by atoms with Gasteiger partial charge in [-0.05, 0) is 18.2 Å². The summed E-state index contributed by atoms with van der Waals surface area (Å²) in [4.78, 5) is 0. The van der Waals surface area contributed by atoms with Gasteiger partial charge in [0.1, 0.15) is 0 Å². The summed E-state index contributed by atoms with van der Waals surface area (Å²) >= 11 is 15.5. The lowest BCUT2D eigenvalue weighted by Crippen LogP contribution is -1.93. The molecule has 0 aliphatic carbocycles. The first kappa shape index (κ1) is 9.04. The summed E-state index contributed by atoms with van der Waals surface area (Å²) in [5.41, 5.74) is 0.887. The van der Waals surface area contributed by atoms with Crippen LogP contribution in [0, 0.1) is 0 Å². The minimum absolute atomic E-state index is 0.566. The predicted octanol–water partition coefficient (Wildman–Crippen LogP) is 3.29. The highest BCUT2D eigenvalue weighted by Gasteiger charge is 1.95.